The summed E-state index contributed by atoms with van der Waals surface area (Å²) in [6.45, 7) is 9.07. The maximum atomic E-state index is 10.5. The fourth-order valence-corrected chi connectivity index (χ4v) is 2.59. The fourth-order valence-electron chi connectivity index (χ4n) is 2.59. The van der Waals surface area contributed by atoms with Crippen molar-refractivity contribution in [3.05, 3.63) is 0 Å². The molecule has 1 aliphatic rings. The standard InChI is InChI=1S/C11H20O/c1-7(2)11(8(3)4)10-5-9(10)6-12/h6-11H,5H2,1-4H3. The number of hydrogen-bond acceptors (Lipinski definition) is 1. The molecule has 2 unspecified atom stereocenters. The van der Waals surface area contributed by atoms with Gasteiger partial charge in [-0.25, -0.2) is 0 Å². The molecule has 0 aromatic rings. The van der Waals surface area contributed by atoms with Gasteiger partial charge in [-0.2, -0.15) is 0 Å². The minimum absolute atomic E-state index is 0.389. The first kappa shape index (κ1) is 9.76. The van der Waals surface area contributed by atoms with Crippen LogP contribution >= 0.6 is 0 Å². The van der Waals surface area contributed by atoms with Gasteiger partial charge in [0.25, 0.3) is 0 Å². The van der Waals surface area contributed by atoms with Crippen LogP contribution < -0.4 is 0 Å². The van der Waals surface area contributed by atoms with Crippen LogP contribution in [0.5, 0.6) is 0 Å². The Balaban J connectivity index is 2.51. The highest BCUT2D eigenvalue weighted by molar-refractivity contribution is 5.58. The van der Waals surface area contributed by atoms with E-state index >= 15 is 0 Å². The number of aldehydes is 1. The first-order chi connectivity index (χ1) is 5.57. The summed E-state index contributed by atoms with van der Waals surface area (Å²) in [5, 5.41) is 0. The second-order valence-corrected chi connectivity index (χ2v) is 4.76. The molecule has 1 heteroatoms. The van der Waals surface area contributed by atoms with E-state index in [0.717, 1.165) is 30.5 Å². The lowest BCUT2D eigenvalue weighted by atomic mass is 9.81. The highest BCUT2D eigenvalue weighted by Gasteiger charge is 2.44. The van der Waals surface area contributed by atoms with Gasteiger partial charge in [-0.05, 0) is 30.1 Å². The highest BCUT2D eigenvalue weighted by atomic mass is 16.1. The van der Waals surface area contributed by atoms with E-state index in [0.29, 0.717) is 11.8 Å². The topological polar surface area (TPSA) is 17.1 Å². The van der Waals surface area contributed by atoms with Crippen molar-refractivity contribution in [2.45, 2.75) is 34.1 Å². The highest BCUT2D eigenvalue weighted by Crippen LogP contribution is 2.48. The van der Waals surface area contributed by atoms with Crippen molar-refractivity contribution in [3.8, 4) is 0 Å². The van der Waals surface area contributed by atoms with Gasteiger partial charge in [0.05, 0.1) is 0 Å². The Hall–Kier alpha value is -0.330. The van der Waals surface area contributed by atoms with Crippen LogP contribution in [0, 0.1) is 29.6 Å². The van der Waals surface area contributed by atoms with Crippen molar-refractivity contribution < 1.29 is 4.79 Å². The summed E-state index contributed by atoms with van der Waals surface area (Å²) >= 11 is 0. The summed E-state index contributed by atoms with van der Waals surface area (Å²) in [6.07, 6.45) is 2.28. The number of hydrogen-bond donors (Lipinski definition) is 0. The van der Waals surface area contributed by atoms with E-state index in [9.17, 15) is 4.79 Å². The molecule has 0 bridgehead atoms. The van der Waals surface area contributed by atoms with Gasteiger partial charge in [-0.3, -0.25) is 0 Å². The van der Waals surface area contributed by atoms with E-state index in [1.165, 1.54) is 0 Å². The van der Waals surface area contributed by atoms with Crippen molar-refractivity contribution in [3.63, 3.8) is 0 Å². The summed E-state index contributed by atoms with van der Waals surface area (Å²) in [6, 6.07) is 0. The molecular formula is C11H20O. The number of rotatable bonds is 4. The Morgan fingerprint density at radius 2 is 1.67 bits per heavy atom. The molecule has 2 atom stereocenters. The average Bonchev–Trinajstić information content (AvgIpc) is 2.65. The molecule has 0 aromatic carbocycles. The summed E-state index contributed by atoms with van der Waals surface area (Å²) in [5.41, 5.74) is 0. The van der Waals surface area contributed by atoms with Crippen molar-refractivity contribution in [2.24, 2.45) is 29.6 Å². The summed E-state index contributed by atoms with van der Waals surface area (Å²) in [5.74, 6) is 3.28. The normalized spacial score (nSPS) is 28.6. The molecule has 1 saturated carbocycles. The maximum Gasteiger partial charge on any atom is 0.123 e. The van der Waals surface area contributed by atoms with Gasteiger partial charge in [-0.15, -0.1) is 0 Å². The molecule has 1 rings (SSSR count). The van der Waals surface area contributed by atoms with E-state index < -0.39 is 0 Å². The van der Waals surface area contributed by atoms with Gasteiger partial charge in [0.15, 0.2) is 0 Å². The zero-order valence-electron chi connectivity index (χ0n) is 8.58. The third-order valence-electron chi connectivity index (χ3n) is 3.10. The van der Waals surface area contributed by atoms with Gasteiger partial charge >= 0.3 is 0 Å². The van der Waals surface area contributed by atoms with Crippen LogP contribution in [0.4, 0.5) is 0 Å². The van der Waals surface area contributed by atoms with E-state index in [1.807, 2.05) is 0 Å². The molecule has 70 valence electrons. The Bertz CT molecular complexity index is 152. The van der Waals surface area contributed by atoms with Gasteiger partial charge in [0, 0.05) is 5.92 Å². The van der Waals surface area contributed by atoms with Crippen LogP contribution in [0.15, 0.2) is 0 Å². The van der Waals surface area contributed by atoms with E-state index in [1.54, 1.807) is 0 Å². The number of carbonyl (C=O) groups excluding carboxylic acids is 1. The number of carbonyl (C=O) groups is 1. The monoisotopic (exact) mass is 168 g/mol. The Labute approximate surface area is 75.5 Å². The third-order valence-corrected chi connectivity index (χ3v) is 3.10. The first-order valence-corrected chi connectivity index (χ1v) is 5.03. The lowest BCUT2D eigenvalue weighted by molar-refractivity contribution is -0.109. The largest absolute Gasteiger partial charge is 0.303 e. The predicted octanol–water partition coefficient (Wildman–Crippen LogP) is 2.75. The van der Waals surface area contributed by atoms with Gasteiger partial charge in [0.2, 0.25) is 0 Å². The van der Waals surface area contributed by atoms with Crippen LogP contribution in [-0.4, -0.2) is 6.29 Å². The van der Waals surface area contributed by atoms with Crippen molar-refractivity contribution in [1.29, 1.82) is 0 Å². The summed E-state index contributed by atoms with van der Waals surface area (Å²) in [7, 11) is 0. The molecule has 0 amide bonds. The molecule has 0 heterocycles. The SMILES string of the molecule is CC(C)C(C(C)C)C1CC1C=O. The molecule has 0 saturated heterocycles. The molecular weight excluding hydrogens is 148 g/mol. The van der Waals surface area contributed by atoms with Crippen LogP contribution in [0.3, 0.4) is 0 Å². The molecule has 0 aromatic heterocycles. The van der Waals surface area contributed by atoms with E-state index in [2.05, 4.69) is 27.7 Å². The van der Waals surface area contributed by atoms with Crippen LogP contribution in [0.1, 0.15) is 34.1 Å². The second-order valence-electron chi connectivity index (χ2n) is 4.76. The Kier molecular flexibility index (Phi) is 2.92. The van der Waals surface area contributed by atoms with Gasteiger partial charge in [0.1, 0.15) is 6.29 Å². The summed E-state index contributed by atoms with van der Waals surface area (Å²) in [4.78, 5) is 10.5. The summed E-state index contributed by atoms with van der Waals surface area (Å²) < 4.78 is 0. The molecule has 12 heavy (non-hydrogen) atoms. The maximum absolute atomic E-state index is 10.5. The molecule has 1 nitrogen and oxygen atoms in total. The molecule has 1 fully saturated rings. The average molecular weight is 168 g/mol. The Morgan fingerprint density at radius 3 is 1.92 bits per heavy atom. The molecule has 0 aliphatic heterocycles. The fraction of sp³-hybridized carbons (Fsp3) is 0.909. The zero-order chi connectivity index (χ0) is 9.30. The van der Waals surface area contributed by atoms with Crippen LogP contribution in [-0.2, 0) is 4.79 Å². The molecule has 1 aliphatic carbocycles. The molecule has 0 N–H and O–H groups in total. The van der Waals surface area contributed by atoms with Crippen LogP contribution in [0.25, 0.3) is 0 Å². The quantitative estimate of drug-likeness (QED) is 0.590. The predicted molar refractivity (Wildman–Crippen MR) is 50.8 cm³/mol. The minimum atomic E-state index is 0.389. The van der Waals surface area contributed by atoms with Gasteiger partial charge in [-0.1, -0.05) is 27.7 Å². The van der Waals surface area contributed by atoms with Crippen LogP contribution in [0.2, 0.25) is 0 Å². The van der Waals surface area contributed by atoms with Crippen molar-refractivity contribution in [2.75, 3.05) is 0 Å². The zero-order valence-corrected chi connectivity index (χ0v) is 8.58. The third kappa shape index (κ3) is 1.88. The van der Waals surface area contributed by atoms with Gasteiger partial charge < -0.3 is 4.79 Å². The lowest BCUT2D eigenvalue weighted by Gasteiger charge is -2.24. The van der Waals surface area contributed by atoms with Crippen molar-refractivity contribution >= 4 is 6.29 Å². The lowest BCUT2D eigenvalue weighted by Crippen LogP contribution is -2.18. The molecule has 0 spiro atoms. The minimum Gasteiger partial charge on any atom is -0.303 e. The van der Waals surface area contributed by atoms with E-state index in [-0.39, 0.29) is 0 Å². The molecule has 0 radical (unpaired) electrons. The Morgan fingerprint density at radius 1 is 1.17 bits per heavy atom. The van der Waals surface area contributed by atoms with Crippen molar-refractivity contribution in [1.82, 2.24) is 0 Å². The smallest absolute Gasteiger partial charge is 0.123 e. The first-order valence-electron chi connectivity index (χ1n) is 5.03. The second kappa shape index (κ2) is 3.59. The van der Waals surface area contributed by atoms with E-state index in [4.69, 9.17) is 0 Å².